The Morgan fingerprint density at radius 3 is 3.11 bits per heavy atom. The smallest absolute Gasteiger partial charge is 0.157 e. The second kappa shape index (κ2) is 5.17. The van der Waals surface area contributed by atoms with E-state index in [-0.39, 0.29) is 0 Å². The number of rotatable bonds is 4. The number of hydrogen-bond donors (Lipinski definition) is 1. The molecule has 1 fully saturated rings. The molecule has 5 heteroatoms. The van der Waals surface area contributed by atoms with Gasteiger partial charge in [-0.3, -0.25) is 0 Å². The Labute approximate surface area is 113 Å². The maximum absolute atomic E-state index is 5.91. The van der Waals surface area contributed by atoms with E-state index in [2.05, 4.69) is 23.0 Å². The fourth-order valence-electron chi connectivity index (χ4n) is 3.23. The average Bonchev–Trinajstić information content (AvgIpc) is 3.07. The molecule has 1 aliphatic rings. The molecule has 0 amide bonds. The van der Waals surface area contributed by atoms with E-state index in [4.69, 9.17) is 10.7 Å². The van der Waals surface area contributed by atoms with Gasteiger partial charge in [0.2, 0.25) is 0 Å². The molecule has 2 atom stereocenters. The van der Waals surface area contributed by atoms with Crippen molar-refractivity contribution in [2.45, 2.75) is 32.2 Å². The van der Waals surface area contributed by atoms with Crippen LogP contribution in [0.4, 0.5) is 5.82 Å². The third-order valence-corrected chi connectivity index (χ3v) is 4.20. The Kier molecular flexibility index (Phi) is 3.38. The van der Waals surface area contributed by atoms with E-state index >= 15 is 0 Å². The van der Waals surface area contributed by atoms with E-state index in [1.807, 2.05) is 12.3 Å². The van der Waals surface area contributed by atoms with Crippen molar-refractivity contribution in [1.29, 1.82) is 0 Å². The molecular weight excluding hydrogens is 238 g/mol. The number of aromatic nitrogens is 3. The summed E-state index contributed by atoms with van der Waals surface area (Å²) in [4.78, 5) is 7.11. The first-order chi connectivity index (χ1) is 9.33. The predicted octanol–water partition coefficient (Wildman–Crippen LogP) is 1.68. The number of anilines is 1. The first-order valence-electron chi connectivity index (χ1n) is 7.10. The van der Waals surface area contributed by atoms with Crippen LogP contribution in [0.15, 0.2) is 24.5 Å². The Morgan fingerprint density at radius 1 is 1.42 bits per heavy atom. The molecule has 102 valence electrons. The molecule has 2 N–H and O–H groups in total. The summed E-state index contributed by atoms with van der Waals surface area (Å²) in [5, 5.41) is 4.19. The molecule has 19 heavy (non-hydrogen) atoms. The van der Waals surface area contributed by atoms with Gasteiger partial charge in [-0.1, -0.05) is 6.42 Å². The van der Waals surface area contributed by atoms with Crippen LogP contribution in [0.25, 0.3) is 5.65 Å². The zero-order chi connectivity index (χ0) is 13.2. The van der Waals surface area contributed by atoms with Gasteiger partial charge >= 0.3 is 0 Å². The molecule has 2 heterocycles. The van der Waals surface area contributed by atoms with Gasteiger partial charge in [-0.15, -0.1) is 0 Å². The Bertz CT molecular complexity index is 550. The number of nitrogens with two attached hydrogens (primary N) is 1. The lowest BCUT2D eigenvalue weighted by molar-refractivity contribution is 0.459. The average molecular weight is 259 g/mol. The molecule has 1 saturated carbocycles. The van der Waals surface area contributed by atoms with Crippen LogP contribution < -0.4 is 10.6 Å². The summed E-state index contributed by atoms with van der Waals surface area (Å²) in [5.74, 6) is 1.64. The third kappa shape index (κ3) is 2.18. The first kappa shape index (κ1) is 12.4. The van der Waals surface area contributed by atoms with Crippen LogP contribution in [0, 0.1) is 5.92 Å². The molecule has 3 rings (SSSR count). The molecule has 0 aromatic carbocycles. The molecule has 0 spiro atoms. The van der Waals surface area contributed by atoms with E-state index < -0.39 is 0 Å². The fraction of sp³-hybridized carbons (Fsp3) is 0.571. The van der Waals surface area contributed by atoms with Crippen molar-refractivity contribution in [3.05, 3.63) is 24.5 Å². The van der Waals surface area contributed by atoms with E-state index in [0.717, 1.165) is 24.6 Å². The molecule has 0 radical (unpaired) electrons. The molecule has 5 nitrogen and oxygen atoms in total. The monoisotopic (exact) mass is 259 g/mol. The lowest BCUT2D eigenvalue weighted by Crippen LogP contribution is -2.40. The summed E-state index contributed by atoms with van der Waals surface area (Å²) in [6, 6.07) is 4.52. The van der Waals surface area contributed by atoms with Gasteiger partial charge in [-0.2, -0.15) is 5.10 Å². The molecular formula is C14H21N5. The van der Waals surface area contributed by atoms with E-state index in [0.29, 0.717) is 12.0 Å². The van der Waals surface area contributed by atoms with Crippen molar-refractivity contribution < 1.29 is 0 Å². The van der Waals surface area contributed by atoms with Gasteiger partial charge in [0, 0.05) is 24.8 Å². The number of nitrogens with zero attached hydrogens (tertiary/aromatic N) is 4. The standard InChI is InChI=1S/C14H21N5/c1-2-18(12-5-3-4-11(12)10-15)13-7-9-19-14(17-13)6-8-16-19/h6-9,11-12H,2-5,10,15H2,1H3. The lowest BCUT2D eigenvalue weighted by Gasteiger charge is -2.32. The van der Waals surface area contributed by atoms with E-state index in [9.17, 15) is 0 Å². The molecule has 1 aliphatic carbocycles. The zero-order valence-corrected chi connectivity index (χ0v) is 11.4. The van der Waals surface area contributed by atoms with E-state index in [1.165, 1.54) is 19.3 Å². The van der Waals surface area contributed by atoms with Gasteiger partial charge in [0.25, 0.3) is 0 Å². The minimum Gasteiger partial charge on any atom is -0.353 e. The Balaban J connectivity index is 1.92. The first-order valence-corrected chi connectivity index (χ1v) is 7.10. The minimum atomic E-state index is 0.535. The van der Waals surface area contributed by atoms with Crippen molar-refractivity contribution in [1.82, 2.24) is 14.6 Å². The quantitative estimate of drug-likeness (QED) is 0.907. The lowest BCUT2D eigenvalue weighted by atomic mass is 10.0. The summed E-state index contributed by atoms with van der Waals surface area (Å²) in [5.41, 5.74) is 6.81. The number of hydrogen-bond acceptors (Lipinski definition) is 4. The largest absolute Gasteiger partial charge is 0.353 e. The van der Waals surface area contributed by atoms with Gasteiger partial charge in [0.05, 0.1) is 6.20 Å². The van der Waals surface area contributed by atoms with Gasteiger partial charge in [0.1, 0.15) is 5.82 Å². The molecule has 0 bridgehead atoms. The SMILES string of the molecule is CCN(c1ccn2nccc2n1)C1CCCC1CN. The highest BCUT2D eigenvalue weighted by Gasteiger charge is 2.31. The van der Waals surface area contributed by atoms with Gasteiger partial charge in [0.15, 0.2) is 5.65 Å². The zero-order valence-electron chi connectivity index (χ0n) is 11.4. The van der Waals surface area contributed by atoms with Crippen molar-refractivity contribution in [2.75, 3.05) is 18.0 Å². The molecule has 2 aromatic rings. The number of fused-ring (bicyclic) bond motifs is 1. The van der Waals surface area contributed by atoms with Crippen molar-refractivity contribution in [3.8, 4) is 0 Å². The summed E-state index contributed by atoms with van der Waals surface area (Å²) >= 11 is 0. The molecule has 0 aliphatic heterocycles. The van der Waals surface area contributed by atoms with Crippen LogP contribution in [0.3, 0.4) is 0 Å². The van der Waals surface area contributed by atoms with Gasteiger partial charge in [-0.05, 0) is 38.3 Å². The van der Waals surface area contributed by atoms with Crippen LogP contribution in [0.2, 0.25) is 0 Å². The second-order valence-electron chi connectivity index (χ2n) is 5.20. The molecule has 2 unspecified atom stereocenters. The molecule has 0 saturated heterocycles. The highest BCUT2D eigenvalue weighted by molar-refractivity contribution is 5.48. The highest BCUT2D eigenvalue weighted by Crippen LogP contribution is 2.31. The maximum atomic E-state index is 5.91. The van der Waals surface area contributed by atoms with Crippen LogP contribution in [-0.4, -0.2) is 33.7 Å². The van der Waals surface area contributed by atoms with Crippen molar-refractivity contribution in [3.63, 3.8) is 0 Å². The van der Waals surface area contributed by atoms with Crippen molar-refractivity contribution >= 4 is 11.5 Å². The minimum absolute atomic E-state index is 0.535. The van der Waals surface area contributed by atoms with Crippen LogP contribution in [0.5, 0.6) is 0 Å². The summed E-state index contributed by atoms with van der Waals surface area (Å²) in [6.07, 6.45) is 7.50. The summed E-state index contributed by atoms with van der Waals surface area (Å²) < 4.78 is 1.80. The maximum Gasteiger partial charge on any atom is 0.157 e. The van der Waals surface area contributed by atoms with Gasteiger partial charge < -0.3 is 10.6 Å². The predicted molar refractivity (Wildman–Crippen MR) is 76.2 cm³/mol. The molecule has 2 aromatic heterocycles. The van der Waals surface area contributed by atoms with Gasteiger partial charge in [-0.25, -0.2) is 9.50 Å². The summed E-state index contributed by atoms with van der Waals surface area (Å²) in [7, 11) is 0. The second-order valence-corrected chi connectivity index (χ2v) is 5.20. The van der Waals surface area contributed by atoms with Crippen LogP contribution in [0.1, 0.15) is 26.2 Å². The summed E-state index contributed by atoms with van der Waals surface area (Å²) in [6.45, 7) is 3.93. The normalized spacial score (nSPS) is 23.1. The van der Waals surface area contributed by atoms with Crippen LogP contribution >= 0.6 is 0 Å². The van der Waals surface area contributed by atoms with Crippen LogP contribution in [-0.2, 0) is 0 Å². The van der Waals surface area contributed by atoms with E-state index in [1.54, 1.807) is 10.7 Å². The Morgan fingerprint density at radius 2 is 2.32 bits per heavy atom. The topological polar surface area (TPSA) is 59.5 Å². The third-order valence-electron chi connectivity index (χ3n) is 4.20. The Hall–Kier alpha value is -1.62. The van der Waals surface area contributed by atoms with Crippen molar-refractivity contribution in [2.24, 2.45) is 11.7 Å². The fourth-order valence-corrected chi connectivity index (χ4v) is 3.23. The highest BCUT2D eigenvalue weighted by atomic mass is 15.3.